The minimum absolute atomic E-state index is 0.0669. The van der Waals surface area contributed by atoms with Gasteiger partial charge in [-0.15, -0.1) is 0 Å². The Balaban J connectivity index is 1.56. The number of fused-ring (bicyclic) bond motifs is 1. The van der Waals surface area contributed by atoms with E-state index in [0.717, 1.165) is 12.8 Å². The van der Waals surface area contributed by atoms with E-state index in [9.17, 15) is 4.79 Å². The molecule has 5 nitrogen and oxygen atoms in total. The van der Waals surface area contributed by atoms with Crippen molar-refractivity contribution in [2.45, 2.75) is 31.8 Å². The Kier molecular flexibility index (Phi) is 3.27. The number of hydrogen-bond acceptors (Lipinski definition) is 3. The fraction of sp³-hybridized carbons (Fsp3) is 0.357. The number of hydrogen-bond donors (Lipinski definition) is 1. The first kappa shape index (κ1) is 11.9. The predicted octanol–water partition coefficient (Wildman–Crippen LogP) is 1.47. The number of rotatable bonds is 4. The molecule has 0 saturated heterocycles. The van der Waals surface area contributed by atoms with Gasteiger partial charge in [-0.25, -0.2) is 4.98 Å². The van der Waals surface area contributed by atoms with E-state index in [1.54, 1.807) is 11.0 Å². The van der Waals surface area contributed by atoms with Crippen molar-refractivity contribution in [2.75, 3.05) is 0 Å². The molecule has 1 atom stereocenters. The van der Waals surface area contributed by atoms with Gasteiger partial charge in [0.15, 0.2) is 0 Å². The average Bonchev–Trinajstić information content (AvgIpc) is 3.07. The summed E-state index contributed by atoms with van der Waals surface area (Å²) in [5, 5.41) is 7.08. The molecule has 0 spiro atoms. The third-order valence-electron chi connectivity index (χ3n) is 3.50. The molecule has 0 aliphatic heterocycles. The van der Waals surface area contributed by atoms with Crippen molar-refractivity contribution in [3.63, 3.8) is 0 Å². The molecule has 1 amide bonds. The normalized spacial score (nSPS) is 17.2. The van der Waals surface area contributed by atoms with Gasteiger partial charge in [-0.2, -0.15) is 5.10 Å². The number of benzene rings is 1. The first-order valence-electron chi connectivity index (χ1n) is 6.52. The van der Waals surface area contributed by atoms with Crippen LogP contribution >= 0.6 is 0 Å². The molecule has 3 rings (SSSR count). The van der Waals surface area contributed by atoms with Crippen LogP contribution in [0.2, 0.25) is 0 Å². The van der Waals surface area contributed by atoms with Gasteiger partial charge in [0, 0.05) is 6.42 Å². The zero-order valence-electron chi connectivity index (χ0n) is 10.6. The molecule has 0 radical (unpaired) electrons. The minimum atomic E-state index is 0.0669. The van der Waals surface area contributed by atoms with E-state index < -0.39 is 0 Å². The van der Waals surface area contributed by atoms with E-state index >= 15 is 0 Å². The van der Waals surface area contributed by atoms with E-state index in [1.165, 1.54) is 17.5 Å². The van der Waals surface area contributed by atoms with Gasteiger partial charge in [0.2, 0.25) is 5.91 Å². The van der Waals surface area contributed by atoms with E-state index in [0.29, 0.717) is 13.0 Å². The molecule has 1 aliphatic carbocycles. The summed E-state index contributed by atoms with van der Waals surface area (Å²) in [4.78, 5) is 15.8. The maximum atomic E-state index is 11.9. The van der Waals surface area contributed by atoms with Crippen LogP contribution < -0.4 is 5.32 Å². The topological polar surface area (TPSA) is 59.8 Å². The van der Waals surface area contributed by atoms with Gasteiger partial charge in [0.25, 0.3) is 0 Å². The van der Waals surface area contributed by atoms with Crippen LogP contribution in [-0.2, 0) is 17.8 Å². The smallest absolute Gasteiger partial charge is 0.222 e. The molecule has 1 N–H and O–H groups in total. The van der Waals surface area contributed by atoms with Crippen LogP contribution in [-0.4, -0.2) is 20.7 Å². The predicted molar refractivity (Wildman–Crippen MR) is 70.3 cm³/mol. The highest BCUT2D eigenvalue weighted by atomic mass is 16.1. The second kappa shape index (κ2) is 5.22. The first-order chi connectivity index (χ1) is 9.33. The van der Waals surface area contributed by atoms with Crippen molar-refractivity contribution in [3.05, 3.63) is 48.0 Å². The summed E-state index contributed by atoms with van der Waals surface area (Å²) in [6.45, 7) is 0.570. The molecule has 1 heterocycles. The van der Waals surface area contributed by atoms with Crippen LogP contribution in [0, 0.1) is 0 Å². The second-order valence-electron chi connectivity index (χ2n) is 4.77. The first-order valence-corrected chi connectivity index (χ1v) is 6.52. The van der Waals surface area contributed by atoms with E-state index in [1.807, 2.05) is 12.1 Å². The largest absolute Gasteiger partial charge is 0.349 e. The number of carbonyl (C=O) groups excluding carboxylic acids is 1. The van der Waals surface area contributed by atoms with Crippen molar-refractivity contribution in [1.29, 1.82) is 0 Å². The Morgan fingerprint density at radius 3 is 3.16 bits per heavy atom. The quantitative estimate of drug-likeness (QED) is 0.901. The standard InChI is InChI=1S/C14H16N4O/c19-14(7-8-18-10-15-9-16-18)17-13-6-5-11-3-1-2-4-12(11)13/h1-4,9-10,13H,5-8H2,(H,17,19)/t13-/m0/s1. The van der Waals surface area contributed by atoms with Crippen LogP contribution in [0.15, 0.2) is 36.9 Å². The molecule has 98 valence electrons. The van der Waals surface area contributed by atoms with Crippen molar-refractivity contribution in [2.24, 2.45) is 0 Å². The van der Waals surface area contributed by atoms with Gasteiger partial charge in [0.05, 0.1) is 12.6 Å². The number of nitrogens with one attached hydrogen (secondary N) is 1. The summed E-state index contributed by atoms with van der Waals surface area (Å²) in [5.41, 5.74) is 2.61. The lowest BCUT2D eigenvalue weighted by Gasteiger charge is -2.14. The molecular weight excluding hydrogens is 240 g/mol. The summed E-state index contributed by atoms with van der Waals surface area (Å²) < 4.78 is 1.67. The SMILES string of the molecule is O=C(CCn1cncn1)N[C@H]1CCc2ccccc21. The van der Waals surface area contributed by atoms with Gasteiger partial charge in [-0.1, -0.05) is 24.3 Å². The number of carbonyl (C=O) groups is 1. The second-order valence-corrected chi connectivity index (χ2v) is 4.77. The molecule has 1 aliphatic rings. The van der Waals surface area contributed by atoms with E-state index in [-0.39, 0.29) is 11.9 Å². The van der Waals surface area contributed by atoms with E-state index in [2.05, 4.69) is 27.5 Å². The number of aromatic nitrogens is 3. The zero-order chi connectivity index (χ0) is 13.1. The Morgan fingerprint density at radius 2 is 2.32 bits per heavy atom. The molecule has 2 aromatic rings. The number of amides is 1. The summed E-state index contributed by atoms with van der Waals surface area (Å²) in [6, 6.07) is 8.48. The van der Waals surface area contributed by atoms with Crippen LogP contribution in [0.4, 0.5) is 0 Å². The molecule has 1 aromatic carbocycles. The highest BCUT2D eigenvalue weighted by Gasteiger charge is 2.22. The van der Waals surface area contributed by atoms with Gasteiger partial charge in [-0.05, 0) is 24.0 Å². The highest BCUT2D eigenvalue weighted by molar-refractivity contribution is 5.76. The van der Waals surface area contributed by atoms with E-state index in [4.69, 9.17) is 0 Å². The average molecular weight is 256 g/mol. The van der Waals surface area contributed by atoms with Gasteiger partial charge in [-0.3, -0.25) is 9.48 Å². The summed E-state index contributed by atoms with van der Waals surface area (Å²) in [5.74, 6) is 0.0669. The Labute approximate surface area is 111 Å². The Morgan fingerprint density at radius 1 is 1.42 bits per heavy atom. The highest BCUT2D eigenvalue weighted by Crippen LogP contribution is 2.30. The lowest BCUT2D eigenvalue weighted by molar-refractivity contribution is -0.122. The molecule has 0 bridgehead atoms. The zero-order valence-corrected chi connectivity index (χ0v) is 10.6. The van der Waals surface area contributed by atoms with Crippen molar-refractivity contribution < 1.29 is 4.79 Å². The third kappa shape index (κ3) is 2.65. The fourth-order valence-corrected chi connectivity index (χ4v) is 2.54. The number of nitrogens with zero attached hydrogens (tertiary/aromatic N) is 3. The lowest BCUT2D eigenvalue weighted by Crippen LogP contribution is -2.27. The van der Waals surface area contributed by atoms with Crippen LogP contribution in [0.1, 0.15) is 30.0 Å². The molecule has 0 fully saturated rings. The Bertz CT molecular complexity index is 565. The fourth-order valence-electron chi connectivity index (χ4n) is 2.54. The maximum Gasteiger partial charge on any atom is 0.222 e. The molecule has 0 unspecified atom stereocenters. The molecular formula is C14H16N4O. The molecule has 19 heavy (non-hydrogen) atoms. The van der Waals surface area contributed by atoms with Crippen molar-refractivity contribution >= 4 is 5.91 Å². The van der Waals surface area contributed by atoms with Crippen LogP contribution in [0.3, 0.4) is 0 Å². The minimum Gasteiger partial charge on any atom is -0.349 e. The maximum absolute atomic E-state index is 11.9. The third-order valence-corrected chi connectivity index (χ3v) is 3.50. The Hall–Kier alpha value is -2.17. The summed E-state index contributed by atoms with van der Waals surface area (Å²) in [7, 11) is 0. The summed E-state index contributed by atoms with van der Waals surface area (Å²) in [6.07, 6.45) is 5.57. The lowest BCUT2D eigenvalue weighted by atomic mass is 10.1. The molecule has 5 heteroatoms. The number of aryl methyl sites for hydroxylation is 2. The molecule has 0 saturated carbocycles. The van der Waals surface area contributed by atoms with Gasteiger partial charge < -0.3 is 5.32 Å². The van der Waals surface area contributed by atoms with Gasteiger partial charge in [0.1, 0.15) is 12.7 Å². The monoisotopic (exact) mass is 256 g/mol. The van der Waals surface area contributed by atoms with Crippen LogP contribution in [0.5, 0.6) is 0 Å². The van der Waals surface area contributed by atoms with Crippen molar-refractivity contribution in [3.8, 4) is 0 Å². The van der Waals surface area contributed by atoms with Crippen molar-refractivity contribution in [1.82, 2.24) is 20.1 Å². The van der Waals surface area contributed by atoms with Gasteiger partial charge >= 0.3 is 0 Å². The van der Waals surface area contributed by atoms with Crippen LogP contribution in [0.25, 0.3) is 0 Å². The molecule has 1 aromatic heterocycles. The summed E-state index contributed by atoms with van der Waals surface area (Å²) >= 11 is 0.